The van der Waals surface area contributed by atoms with Gasteiger partial charge in [-0.15, -0.1) is 0 Å². The molecule has 1 aromatic carbocycles. The molecule has 0 saturated heterocycles. The number of halogens is 3. The molecule has 116 valence electrons. The van der Waals surface area contributed by atoms with Crippen molar-refractivity contribution in [1.29, 1.82) is 0 Å². The molecule has 1 N–H and O–H groups in total. The summed E-state index contributed by atoms with van der Waals surface area (Å²) in [5.41, 5.74) is 0.852. The van der Waals surface area contributed by atoms with E-state index in [1.165, 1.54) is 0 Å². The van der Waals surface area contributed by atoms with Crippen molar-refractivity contribution >= 4 is 40.7 Å². The van der Waals surface area contributed by atoms with E-state index in [9.17, 15) is 4.79 Å². The van der Waals surface area contributed by atoms with Crippen molar-refractivity contribution in [1.82, 2.24) is 10.3 Å². The first-order valence-electron chi connectivity index (χ1n) is 6.49. The van der Waals surface area contributed by atoms with Gasteiger partial charge in [-0.3, -0.25) is 9.78 Å². The average Bonchev–Trinajstić information content (AvgIpc) is 2.46. The van der Waals surface area contributed by atoms with Crippen LogP contribution in [0.2, 0.25) is 15.1 Å². The van der Waals surface area contributed by atoms with Gasteiger partial charge in [0.15, 0.2) is 5.75 Å². The van der Waals surface area contributed by atoms with Gasteiger partial charge in [0.25, 0.3) is 0 Å². The summed E-state index contributed by atoms with van der Waals surface area (Å²) in [5.74, 6) is 0.249. The maximum atomic E-state index is 11.7. The van der Waals surface area contributed by atoms with Crippen LogP contribution in [0.15, 0.2) is 36.7 Å². The minimum atomic E-state index is -0.107. The summed E-state index contributed by atoms with van der Waals surface area (Å²) < 4.78 is 5.47. The number of nitrogens with one attached hydrogen (secondary N) is 1. The first-order chi connectivity index (χ1) is 10.6. The van der Waals surface area contributed by atoms with Crippen LogP contribution in [0.3, 0.4) is 0 Å². The third kappa shape index (κ3) is 5.05. The molecule has 0 saturated carbocycles. The summed E-state index contributed by atoms with van der Waals surface area (Å²) in [4.78, 5) is 15.7. The van der Waals surface area contributed by atoms with Crippen LogP contribution in [-0.4, -0.2) is 24.0 Å². The van der Waals surface area contributed by atoms with Gasteiger partial charge in [0.2, 0.25) is 5.91 Å². The summed E-state index contributed by atoms with van der Waals surface area (Å²) in [5, 5.41) is 3.85. The number of nitrogens with zero attached hydrogens (tertiary/aromatic N) is 1. The molecule has 0 aliphatic rings. The molecule has 0 aliphatic carbocycles. The van der Waals surface area contributed by atoms with Crippen LogP contribution in [0, 0.1) is 0 Å². The SMILES string of the molecule is O=C(Cc1cccnc1)NCCOc1c(Cl)cc(Cl)cc1Cl. The lowest BCUT2D eigenvalue weighted by Crippen LogP contribution is -2.29. The van der Waals surface area contributed by atoms with E-state index in [1.54, 1.807) is 30.6 Å². The monoisotopic (exact) mass is 358 g/mol. The van der Waals surface area contributed by atoms with Crippen LogP contribution in [0.4, 0.5) is 0 Å². The second-order valence-electron chi connectivity index (χ2n) is 4.44. The van der Waals surface area contributed by atoms with Crippen molar-refractivity contribution < 1.29 is 9.53 Å². The molecule has 22 heavy (non-hydrogen) atoms. The van der Waals surface area contributed by atoms with Gasteiger partial charge in [-0.1, -0.05) is 40.9 Å². The van der Waals surface area contributed by atoms with Gasteiger partial charge in [0, 0.05) is 17.4 Å². The highest BCUT2D eigenvalue weighted by atomic mass is 35.5. The molecule has 0 bridgehead atoms. The van der Waals surface area contributed by atoms with Gasteiger partial charge in [-0.2, -0.15) is 0 Å². The number of benzene rings is 1. The van der Waals surface area contributed by atoms with E-state index < -0.39 is 0 Å². The van der Waals surface area contributed by atoms with Crippen molar-refractivity contribution in [2.24, 2.45) is 0 Å². The third-order valence-electron chi connectivity index (χ3n) is 2.72. The van der Waals surface area contributed by atoms with Crippen LogP contribution in [0.5, 0.6) is 5.75 Å². The highest BCUT2D eigenvalue weighted by molar-refractivity contribution is 6.40. The fourth-order valence-electron chi connectivity index (χ4n) is 1.76. The Morgan fingerprint density at radius 3 is 2.59 bits per heavy atom. The molecule has 1 aromatic heterocycles. The number of carbonyl (C=O) groups is 1. The highest BCUT2D eigenvalue weighted by Gasteiger charge is 2.09. The number of carbonyl (C=O) groups excluding carboxylic acids is 1. The Kier molecular flexibility index (Phi) is 6.31. The Balaban J connectivity index is 1.77. The number of pyridine rings is 1. The first-order valence-corrected chi connectivity index (χ1v) is 7.62. The smallest absolute Gasteiger partial charge is 0.224 e. The molecule has 1 amide bonds. The van der Waals surface area contributed by atoms with Crippen LogP contribution in [-0.2, 0) is 11.2 Å². The van der Waals surface area contributed by atoms with Gasteiger partial charge in [-0.05, 0) is 23.8 Å². The zero-order valence-electron chi connectivity index (χ0n) is 11.5. The Bertz CT molecular complexity index is 627. The number of amides is 1. The summed E-state index contributed by atoms with van der Waals surface area (Å²) in [6.07, 6.45) is 3.59. The number of aromatic nitrogens is 1. The largest absolute Gasteiger partial charge is 0.489 e. The lowest BCUT2D eigenvalue weighted by Gasteiger charge is -2.11. The van der Waals surface area contributed by atoms with Crippen LogP contribution in [0.25, 0.3) is 0 Å². The standard InChI is InChI=1S/C15H13Cl3N2O2/c16-11-7-12(17)15(13(18)8-11)22-5-4-20-14(21)6-10-2-1-3-19-9-10/h1-3,7-9H,4-6H2,(H,20,21). The molecule has 0 fully saturated rings. The van der Waals surface area contributed by atoms with Crippen molar-refractivity contribution in [3.63, 3.8) is 0 Å². The van der Waals surface area contributed by atoms with E-state index in [4.69, 9.17) is 39.5 Å². The second kappa shape index (κ2) is 8.22. The minimum Gasteiger partial charge on any atom is -0.489 e. The van der Waals surface area contributed by atoms with E-state index in [0.717, 1.165) is 5.56 Å². The molecule has 1 heterocycles. The molecule has 7 heteroatoms. The number of rotatable bonds is 6. The average molecular weight is 360 g/mol. The molecule has 0 spiro atoms. The lowest BCUT2D eigenvalue weighted by atomic mass is 10.2. The predicted octanol–water partition coefficient (Wildman–Crippen LogP) is 3.78. The molecule has 2 aromatic rings. The van der Waals surface area contributed by atoms with Gasteiger partial charge in [0.1, 0.15) is 6.61 Å². The van der Waals surface area contributed by atoms with Crippen molar-refractivity contribution in [3.05, 3.63) is 57.3 Å². The fraction of sp³-hybridized carbons (Fsp3) is 0.200. The molecule has 0 aliphatic heterocycles. The van der Waals surface area contributed by atoms with Crippen LogP contribution in [0.1, 0.15) is 5.56 Å². The zero-order chi connectivity index (χ0) is 15.9. The number of ether oxygens (including phenoxy) is 1. The van der Waals surface area contributed by atoms with Crippen molar-refractivity contribution in [2.75, 3.05) is 13.2 Å². The summed E-state index contributed by atoms with van der Waals surface area (Å²) in [6, 6.07) is 6.73. The molecular weight excluding hydrogens is 347 g/mol. The van der Waals surface area contributed by atoms with Gasteiger partial charge < -0.3 is 10.1 Å². The molecule has 0 atom stereocenters. The van der Waals surface area contributed by atoms with Gasteiger partial charge in [0.05, 0.1) is 23.0 Å². The van der Waals surface area contributed by atoms with Crippen LogP contribution < -0.4 is 10.1 Å². The summed E-state index contributed by atoms with van der Waals surface area (Å²) in [6.45, 7) is 0.591. The van der Waals surface area contributed by atoms with Crippen LogP contribution >= 0.6 is 34.8 Å². The van der Waals surface area contributed by atoms with E-state index in [0.29, 0.717) is 27.4 Å². The second-order valence-corrected chi connectivity index (χ2v) is 5.69. The van der Waals surface area contributed by atoms with E-state index in [1.807, 2.05) is 6.07 Å². The van der Waals surface area contributed by atoms with Crippen molar-refractivity contribution in [2.45, 2.75) is 6.42 Å². The molecular formula is C15H13Cl3N2O2. The first kappa shape index (κ1) is 16.9. The van der Waals surface area contributed by atoms with Gasteiger partial charge >= 0.3 is 0 Å². The quantitative estimate of drug-likeness (QED) is 0.799. The Hall–Kier alpha value is -1.49. The molecule has 0 unspecified atom stereocenters. The Morgan fingerprint density at radius 1 is 1.23 bits per heavy atom. The number of hydrogen-bond acceptors (Lipinski definition) is 3. The molecule has 4 nitrogen and oxygen atoms in total. The van der Waals surface area contributed by atoms with E-state index >= 15 is 0 Å². The third-order valence-corrected chi connectivity index (χ3v) is 3.50. The van der Waals surface area contributed by atoms with Gasteiger partial charge in [-0.25, -0.2) is 0 Å². The zero-order valence-corrected chi connectivity index (χ0v) is 13.8. The predicted molar refractivity (Wildman–Crippen MR) is 87.9 cm³/mol. The number of hydrogen-bond donors (Lipinski definition) is 1. The van der Waals surface area contributed by atoms with Crippen molar-refractivity contribution in [3.8, 4) is 5.75 Å². The Labute approximate surface area is 143 Å². The highest BCUT2D eigenvalue weighted by Crippen LogP contribution is 2.35. The fourth-order valence-corrected chi connectivity index (χ4v) is 2.69. The molecule has 0 radical (unpaired) electrons. The molecule has 2 rings (SSSR count). The minimum absolute atomic E-state index is 0.107. The maximum Gasteiger partial charge on any atom is 0.224 e. The lowest BCUT2D eigenvalue weighted by molar-refractivity contribution is -0.120. The maximum absolute atomic E-state index is 11.7. The van der Waals surface area contributed by atoms with E-state index in [-0.39, 0.29) is 18.9 Å². The Morgan fingerprint density at radius 2 is 1.95 bits per heavy atom. The summed E-state index contributed by atoms with van der Waals surface area (Å²) in [7, 11) is 0. The summed E-state index contributed by atoms with van der Waals surface area (Å²) >= 11 is 17.8. The topological polar surface area (TPSA) is 51.2 Å². The van der Waals surface area contributed by atoms with E-state index in [2.05, 4.69) is 10.3 Å². The normalized spacial score (nSPS) is 10.3.